The first-order valence-electron chi connectivity index (χ1n) is 12.2. The molecule has 2 aromatic heterocycles. The number of para-hydroxylation sites is 2. The summed E-state index contributed by atoms with van der Waals surface area (Å²) in [6.07, 6.45) is 14.2. The highest BCUT2D eigenvalue weighted by atomic mass is 32.3. The predicted molar refractivity (Wildman–Crippen MR) is 143 cm³/mol. The number of hydrogen-bond acceptors (Lipinski definition) is 4. The van der Waals surface area contributed by atoms with Gasteiger partial charge in [-0.1, -0.05) is 18.2 Å². The smallest absolute Gasteiger partial charge is 0.147 e. The van der Waals surface area contributed by atoms with Crippen LogP contribution in [0.4, 0.5) is 10.2 Å². The Bertz CT molecular complexity index is 1200. The number of allylic oxidation sites excluding steroid dienone is 2. The summed E-state index contributed by atoms with van der Waals surface area (Å²) in [5.74, 6) is 2.76. The summed E-state index contributed by atoms with van der Waals surface area (Å²) < 4.78 is 22.6. The van der Waals surface area contributed by atoms with E-state index < -0.39 is 16.2 Å². The Morgan fingerprint density at radius 1 is 1.18 bits per heavy atom. The van der Waals surface area contributed by atoms with Gasteiger partial charge in [-0.2, -0.15) is 0 Å². The Labute approximate surface area is 203 Å². The molecule has 3 heterocycles. The van der Waals surface area contributed by atoms with E-state index in [0.717, 1.165) is 59.9 Å². The Balaban J connectivity index is 1.62. The minimum atomic E-state index is -0.814. The van der Waals surface area contributed by atoms with Gasteiger partial charge in [-0.15, -0.1) is 0 Å². The Kier molecular flexibility index (Phi) is 6.67. The van der Waals surface area contributed by atoms with E-state index in [-0.39, 0.29) is 0 Å². The van der Waals surface area contributed by atoms with Gasteiger partial charge in [-0.3, -0.25) is 4.57 Å². The highest BCUT2D eigenvalue weighted by Crippen LogP contribution is 2.41. The lowest BCUT2D eigenvalue weighted by molar-refractivity contribution is 0.0934. The van der Waals surface area contributed by atoms with Gasteiger partial charge < -0.3 is 9.64 Å². The molecule has 2 aliphatic rings. The Morgan fingerprint density at radius 2 is 2.03 bits per heavy atom. The lowest BCUT2D eigenvalue weighted by Crippen LogP contribution is -2.23. The van der Waals surface area contributed by atoms with Gasteiger partial charge in [0.05, 0.1) is 29.7 Å². The van der Waals surface area contributed by atoms with Crippen molar-refractivity contribution in [2.24, 2.45) is 0 Å². The van der Waals surface area contributed by atoms with Gasteiger partial charge in [0, 0.05) is 18.5 Å². The SMILES string of the molecule is CS(C)(C)CCOCn1c(-c2c(C3=CCCC3)ccnc2N2CC[C@H](F)C2)nc2ccccc21. The summed E-state index contributed by atoms with van der Waals surface area (Å²) in [4.78, 5) is 12.0. The topological polar surface area (TPSA) is 43.2 Å². The molecule has 0 unspecified atom stereocenters. The number of hydrogen-bond donors (Lipinski definition) is 0. The third-order valence-electron chi connectivity index (χ3n) is 6.69. The predicted octanol–water partition coefficient (Wildman–Crippen LogP) is 5.88. The Hall–Kier alpha value is -2.38. The van der Waals surface area contributed by atoms with Gasteiger partial charge in [0.2, 0.25) is 0 Å². The largest absolute Gasteiger partial charge is 0.360 e. The van der Waals surface area contributed by atoms with Crippen LogP contribution in [-0.4, -0.2) is 64.9 Å². The molecule has 0 bridgehead atoms. The van der Waals surface area contributed by atoms with E-state index in [9.17, 15) is 4.39 Å². The van der Waals surface area contributed by atoms with Crippen LogP contribution >= 0.6 is 10.0 Å². The van der Waals surface area contributed by atoms with Crippen LogP contribution in [-0.2, 0) is 11.5 Å². The fourth-order valence-electron chi connectivity index (χ4n) is 4.87. The second-order valence-corrected chi connectivity index (χ2v) is 14.8. The fraction of sp³-hybridized carbons (Fsp3) is 0.481. The first-order valence-corrected chi connectivity index (χ1v) is 15.2. The average molecular weight is 483 g/mol. The summed E-state index contributed by atoms with van der Waals surface area (Å²) in [5.41, 5.74) is 5.50. The zero-order chi connectivity index (χ0) is 23.7. The molecule has 0 radical (unpaired) electrons. The second kappa shape index (κ2) is 9.70. The molecule has 34 heavy (non-hydrogen) atoms. The normalized spacial score (nSPS) is 19.2. The molecule has 0 amide bonds. The lowest BCUT2D eigenvalue weighted by atomic mass is 9.99. The molecule has 1 aromatic carbocycles. The van der Waals surface area contributed by atoms with Gasteiger partial charge in [0.25, 0.3) is 0 Å². The van der Waals surface area contributed by atoms with Gasteiger partial charge in [0.1, 0.15) is 24.5 Å². The van der Waals surface area contributed by atoms with Gasteiger partial charge in [-0.05, 0) is 73.8 Å². The molecule has 7 heteroatoms. The molecule has 5 rings (SSSR count). The second-order valence-electron chi connectivity index (χ2n) is 10.2. The number of halogens is 1. The van der Waals surface area contributed by atoms with Crippen LogP contribution in [0.15, 0.2) is 42.6 Å². The van der Waals surface area contributed by atoms with E-state index in [2.05, 4.69) is 46.4 Å². The van der Waals surface area contributed by atoms with Crippen LogP contribution in [0, 0.1) is 0 Å². The van der Waals surface area contributed by atoms with Crippen molar-refractivity contribution in [3.63, 3.8) is 0 Å². The van der Waals surface area contributed by atoms with E-state index in [4.69, 9.17) is 14.7 Å². The van der Waals surface area contributed by atoms with Crippen LogP contribution in [0.5, 0.6) is 0 Å². The molecule has 1 atom stereocenters. The summed E-state index contributed by atoms with van der Waals surface area (Å²) >= 11 is 0. The molecule has 5 nitrogen and oxygen atoms in total. The van der Waals surface area contributed by atoms with Crippen molar-refractivity contribution in [3.05, 3.63) is 48.2 Å². The van der Waals surface area contributed by atoms with E-state index in [1.54, 1.807) is 0 Å². The third-order valence-corrected chi connectivity index (χ3v) is 8.08. The van der Waals surface area contributed by atoms with Gasteiger partial charge >= 0.3 is 0 Å². The van der Waals surface area contributed by atoms with Crippen molar-refractivity contribution in [2.75, 3.05) is 49.1 Å². The number of anilines is 1. The number of rotatable bonds is 8. The van der Waals surface area contributed by atoms with Gasteiger partial charge in [-0.25, -0.2) is 24.4 Å². The van der Waals surface area contributed by atoms with Crippen molar-refractivity contribution in [3.8, 4) is 11.4 Å². The highest BCUT2D eigenvalue weighted by molar-refractivity contribution is 8.32. The first kappa shape index (κ1) is 23.4. The summed E-state index contributed by atoms with van der Waals surface area (Å²) in [6, 6.07) is 10.3. The number of nitrogens with zero attached hydrogens (tertiary/aromatic N) is 4. The number of fused-ring (bicyclic) bond motifs is 1. The lowest BCUT2D eigenvalue weighted by Gasteiger charge is -2.25. The van der Waals surface area contributed by atoms with Crippen LogP contribution in [0.25, 0.3) is 28.0 Å². The molecule has 0 spiro atoms. The summed E-state index contributed by atoms with van der Waals surface area (Å²) in [7, 11) is -0.620. The minimum absolute atomic E-state index is 0.383. The summed E-state index contributed by atoms with van der Waals surface area (Å²) in [5, 5.41) is 0. The maximum Gasteiger partial charge on any atom is 0.147 e. The van der Waals surface area contributed by atoms with Crippen molar-refractivity contribution < 1.29 is 9.13 Å². The minimum Gasteiger partial charge on any atom is -0.360 e. The third kappa shape index (κ3) is 4.86. The number of ether oxygens (including phenoxy) is 1. The molecule has 3 aromatic rings. The van der Waals surface area contributed by atoms with Crippen LogP contribution in [0.3, 0.4) is 0 Å². The molecule has 1 saturated heterocycles. The van der Waals surface area contributed by atoms with Crippen molar-refractivity contribution in [1.82, 2.24) is 14.5 Å². The van der Waals surface area contributed by atoms with E-state index in [0.29, 0.717) is 26.2 Å². The zero-order valence-corrected chi connectivity index (χ0v) is 21.3. The zero-order valence-electron chi connectivity index (χ0n) is 20.5. The fourth-order valence-corrected chi connectivity index (χ4v) is 5.48. The van der Waals surface area contributed by atoms with Crippen LogP contribution in [0.1, 0.15) is 31.2 Å². The molecule has 0 N–H and O–H groups in total. The standard InChI is InChI=1S/C27H35FN4OS/c1-34(2,3)17-16-33-19-32-24-11-7-6-10-23(24)30-27(32)25-22(20-8-4-5-9-20)12-14-29-26(25)31-15-13-21(28)18-31/h6-8,10-12,14,21H,4-5,9,13,15-19H2,1-3H3/t21-/m0/s1. The molecule has 0 saturated carbocycles. The van der Waals surface area contributed by atoms with Crippen molar-refractivity contribution in [2.45, 2.75) is 38.6 Å². The quantitative estimate of drug-likeness (QED) is 0.376. The van der Waals surface area contributed by atoms with E-state index in [1.807, 2.05) is 24.4 Å². The maximum atomic E-state index is 14.2. The van der Waals surface area contributed by atoms with Crippen molar-refractivity contribution in [1.29, 1.82) is 0 Å². The van der Waals surface area contributed by atoms with Crippen LogP contribution in [0.2, 0.25) is 0 Å². The first-order chi connectivity index (χ1) is 16.4. The van der Waals surface area contributed by atoms with Crippen molar-refractivity contribution >= 4 is 32.5 Å². The number of aromatic nitrogens is 3. The monoisotopic (exact) mass is 482 g/mol. The molecule has 1 aliphatic carbocycles. The molecule has 182 valence electrons. The number of benzene rings is 1. The molecule has 1 fully saturated rings. The van der Waals surface area contributed by atoms with Crippen LogP contribution < -0.4 is 4.90 Å². The highest BCUT2D eigenvalue weighted by Gasteiger charge is 2.29. The number of alkyl halides is 1. The molecule has 1 aliphatic heterocycles. The Morgan fingerprint density at radius 3 is 2.76 bits per heavy atom. The van der Waals surface area contributed by atoms with E-state index >= 15 is 0 Å². The number of pyridine rings is 1. The number of imidazole rings is 1. The van der Waals surface area contributed by atoms with E-state index in [1.165, 1.54) is 11.1 Å². The summed E-state index contributed by atoms with van der Waals surface area (Å²) in [6.45, 7) is 2.21. The maximum absolute atomic E-state index is 14.2. The average Bonchev–Trinajstić information content (AvgIpc) is 3.56. The molecular weight excluding hydrogens is 447 g/mol. The van der Waals surface area contributed by atoms with Gasteiger partial charge in [0.15, 0.2) is 0 Å². The molecular formula is C27H35FN4OS.